The molecule has 4 aliphatic carbocycles. The molecule has 36 heavy (non-hydrogen) atoms. The molecule has 1 spiro atoms. The second-order valence-electron chi connectivity index (χ2n) is 14.1. The lowest BCUT2D eigenvalue weighted by atomic mass is 9.49. The Morgan fingerprint density at radius 3 is 2.31 bits per heavy atom. The highest BCUT2D eigenvalue weighted by Crippen LogP contribution is 2.76. The summed E-state index contributed by atoms with van der Waals surface area (Å²) in [6.45, 7) is 7.73. The highest BCUT2D eigenvalue weighted by Gasteiger charge is 2.84. The third kappa shape index (κ3) is 2.65. The standard InChI is InChI=1S/C27H43NO7.ClH/c1-13-4-7-18-24(3,32)20-14(12-28(18)11-13)15-10-25-17(26(15,33)22(31)21(20)30)6-5-16-23(25,2)9-8-19(29)27(16,34)35-25;/h13-22,29-34H,4-12H2,1-3H3;1H/t13-,14-,15-,16-,17+,18-,19-,20+,21+,22-,23-,24+,25+,26-,27-;/m0./s1. The molecular formula is C27H44ClNO7. The van der Waals surface area contributed by atoms with Gasteiger partial charge in [0.1, 0.15) is 17.8 Å². The Morgan fingerprint density at radius 2 is 1.58 bits per heavy atom. The van der Waals surface area contributed by atoms with Crippen molar-refractivity contribution < 1.29 is 35.4 Å². The van der Waals surface area contributed by atoms with Gasteiger partial charge in [-0.3, -0.25) is 4.90 Å². The third-order valence-corrected chi connectivity index (χ3v) is 12.8. The zero-order valence-corrected chi connectivity index (χ0v) is 22.4. The lowest BCUT2D eigenvalue weighted by Crippen LogP contribution is -2.76. The lowest BCUT2D eigenvalue weighted by molar-refractivity contribution is -0.290. The minimum atomic E-state index is -1.64. The molecule has 3 aliphatic heterocycles. The van der Waals surface area contributed by atoms with E-state index >= 15 is 0 Å². The largest absolute Gasteiger partial charge is 0.390 e. The van der Waals surface area contributed by atoms with E-state index < -0.39 is 58.2 Å². The van der Waals surface area contributed by atoms with Crippen LogP contribution in [0.1, 0.15) is 65.7 Å². The highest BCUT2D eigenvalue weighted by molar-refractivity contribution is 5.85. The Labute approximate surface area is 219 Å². The molecule has 4 bridgehead atoms. The van der Waals surface area contributed by atoms with Crippen LogP contribution in [-0.4, -0.2) is 95.6 Å². The van der Waals surface area contributed by atoms with E-state index in [1.165, 1.54) is 0 Å². The van der Waals surface area contributed by atoms with Gasteiger partial charge >= 0.3 is 0 Å². The number of ether oxygens (including phenoxy) is 1. The molecule has 206 valence electrons. The fourth-order valence-electron chi connectivity index (χ4n) is 11.4. The Hall–Kier alpha value is -0.0300. The van der Waals surface area contributed by atoms with Gasteiger partial charge in [-0.1, -0.05) is 13.8 Å². The van der Waals surface area contributed by atoms with Gasteiger partial charge in [-0.2, -0.15) is 0 Å². The number of aliphatic hydroxyl groups excluding tert-OH is 3. The Bertz CT molecular complexity index is 938. The SMILES string of the molecule is C[C@H]1CC[C@@H]2N(C1)C[C@@H]1[C@H]([C@@H](O)[C@H](O)[C@]3(O)[C@H]1C[C@@]14O[C@@]5(O)[C@@H](CC[C@@H]31)[C@]4(C)CC[C@@H]5O)[C@]2(C)O.Cl. The van der Waals surface area contributed by atoms with Crippen LogP contribution < -0.4 is 0 Å². The van der Waals surface area contributed by atoms with E-state index in [2.05, 4.69) is 18.7 Å². The Kier molecular flexibility index (Phi) is 5.52. The van der Waals surface area contributed by atoms with Crippen molar-refractivity contribution in [2.75, 3.05) is 13.1 Å². The summed E-state index contributed by atoms with van der Waals surface area (Å²) >= 11 is 0. The van der Waals surface area contributed by atoms with Crippen molar-refractivity contribution in [3.63, 3.8) is 0 Å². The number of piperidine rings is 2. The van der Waals surface area contributed by atoms with Gasteiger partial charge in [0.25, 0.3) is 0 Å². The fraction of sp³-hybridized carbons (Fsp3) is 1.00. The molecule has 7 rings (SSSR count). The van der Waals surface area contributed by atoms with Crippen LogP contribution in [0.5, 0.6) is 0 Å². The summed E-state index contributed by atoms with van der Waals surface area (Å²) in [5.74, 6) is -2.93. The van der Waals surface area contributed by atoms with Crippen molar-refractivity contribution in [1.29, 1.82) is 0 Å². The highest BCUT2D eigenvalue weighted by atomic mass is 35.5. The lowest BCUT2D eigenvalue weighted by Gasteiger charge is -2.63. The van der Waals surface area contributed by atoms with Crippen molar-refractivity contribution in [3.8, 4) is 0 Å². The van der Waals surface area contributed by atoms with Crippen molar-refractivity contribution in [2.45, 2.75) is 113 Å². The average molecular weight is 530 g/mol. The summed E-state index contributed by atoms with van der Waals surface area (Å²) in [5.41, 5.74) is -4.08. The Balaban J connectivity index is 0.00000240. The van der Waals surface area contributed by atoms with Crippen LogP contribution in [0.15, 0.2) is 0 Å². The molecule has 0 amide bonds. The molecule has 0 aromatic carbocycles. The molecule has 0 radical (unpaired) electrons. The summed E-state index contributed by atoms with van der Waals surface area (Å²) in [7, 11) is 0. The van der Waals surface area contributed by atoms with Crippen LogP contribution in [-0.2, 0) is 4.74 Å². The maximum Gasteiger partial charge on any atom is 0.196 e. The predicted octanol–water partition coefficient (Wildman–Crippen LogP) is 0.637. The maximum atomic E-state index is 12.5. The van der Waals surface area contributed by atoms with Gasteiger partial charge in [-0.05, 0) is 69.6 Å². The molecule has 0 aromatic heterocycles. The van der Waals surface area contributed by atoms with E-state index in [4.69, 9.17) is 4.74 Å². The molecule has 15 atom stereocenters. The number of halogens is 1. The fourth-order valence-corrected chi connectivity index (χ4v) is 11.4. The zero-order valence-electron chi connectivity index (χ0n) is 21.6. The average Bonchev–Trinajstić information content (AvgIpc) is 3.04. The summed E-state index contributed by atoms with van der Waals surface area (Å²) in [4.78, 5) is 2.36. The molecule has 3 saturated heterocycles. The van der Waals surface area contributed by atoms with Crippen LogP contribution in [0.2, 0.25) is 0 Å². The van der Waals surface area contributed by atoms with E-state index in [9.17, 15) is 30.6 Å². The smallest absolute Gasteiger partial charge is 0.196 e. The quantitative estimate of drug-likeness (QED) is 0.269. The van der Waals surface area contributed by atoms with Crippen LogP contribution in [0.4, 0.5) is 0 Å². The summed E-state index contributed by atoms with van der Waals surface area (Å²) < 4.78 is 6.60. The molecule has 7 fully saturated rings. The second kappa shape index (κ2) is 7.58. The molecule has 9 heteroatoms. The number of nitrogens with zero attached hydrogens (tertiary/aromatic N) is 1. The van der Waals surface area contributed by atoms with Gasteiger partial charge in [0, 0.05) is 42.3 Å². The van der Waals surface area contributed by atoms with Gasteiger partial charge in [-0.15, -0.1) is 12.4 Å². The van der Waals surface area contributed by atoms with E-state index in [0.29, 0.717) is 44.6 Å². The normalized spacial score (nSPS) is 65.6. The van der Waals surface area contributed by atoms with Gasteiger partial charge in [-0.25, -0.2) is 0 Å². The Morgan fingerprint density at radius 1 is 0.889 bits per heavy atom. The van der Waals surface area contributed by atoms with Gasteiger partial charge in [0.05, 0.1) is 17.3 Å². The molecule has 0 unspecified atom stereocenters. The first-order valence-corrected chi connectivity index (χ1v) is 14.0. The number of aliphatic hydroxyl groups is 6. The van der Waals surface area contributed by atoms with Crippen molar-refractivity contribution in [1.82, 2.24) is 4.90 Å². The predicted molar refractivity (Wildman–Crippen MR) is 132 cm³/mol. The van der Waals surface area contributed by atoms with Gasteiger partial charge in [0.15, 0.2) is 5.79 Å². The monoisotopic (exact) mass is 529 g/mol. The summed E-state index contributed by atoms with van der Waals surface area (Å²) in [6, 6.07) is -0.0745. The molecule has 6 N–H and O–H groups in total. The van der Waals surface area contributed by atoms with Crippen molar-refractivity contribution in [2.24, 2.45) is 40.9 Å². The molecule has 8 nitrogen and oxygen atoms in total. The van der Waals surface area contributed by atoms with Gasteiger partial charge in [0.2, 0.25) is 0 Å². The summed E-state index contributed by atoms with van der Waals surface area (Å²) in [6.07, 6.45) is 1.05. The van der Waals surface area contributed by atoms with E-state index in [1.54, 1.807) is 0 Å². The first kappa shape index (κ1) is 26.2. The van der Waals surface area contributed by atoms with E-state index in [0.717, 1.165) is 19.4 Å². The van der Waals surface area contributed by atoms with Crippen LogP contribution in [0.25, 0.3) is 0 Å². The first-order chi connectivity index (χ1) is 16.3. The maximum absolute atomic E-state index is 12.5. The van der Waals surface area contributed by atoms with Crippen LogP contribution in [0.3, 0.4) is 0 Å². The van der Waals surface area contributed by atoms with Gasteiger partial charge < -0.3 is 35.4 Å². The van der Waals surface area contributed by atoms with Crippen molar-refractivity contribution >= 4 is 12.4 Å². The minimum absolute atomic E-state index is 0. The molecule has 3 heterocycles. The minimum Gasteiger partial charge on any atom is -0.390 e. The number of fused-ring (bicyclic) bond motifs is 5. The topological polar surface area (TPSA) is 134 Å². The first-order valence-electron chi connectivity index (χ1n) is 14.0. The third-order valence-electron chi connectivity index (χ3n) is 12.8. The molecule has 7 aliphatic rings. The number of hydrogen-bond acceptors (Lipinski definition) is 8. The van der Waals surface area contributed by atoms with Crippen LogP contribution in [0, 0.1) is 40.9 Å². The zero-order chi connectivity index (χ0) is 24.9. The molecule has 0 aromatic rings. The second-order valence-corrected chi connectivity index (χ2v) is 14.1. The number of hydrogen-bond donors (Lipinski definition) is 6. The van der Waals surface area contributed by atoms with Crippen molar-refractivity contribution in [3.05, 3.63) is 0 Å². The molecule has 4 saturated carbocycles. The summed E-state index contributed by atoms with van der Waals surface area (Å²) in [5, 5.41) is 69.9. The molecular weight excluding hydrogens is 486 g/mol. The van der Waals surface area contributed by atoms with E-state index in [-0.39, 0.29) is 36.2 Å². The van der Waals surface area contributed by atoms with Crippen LogP contribution >= 0.6 is 12.4 Å². The van der Waals surface area contributed by atoms with E-state index in [1.807, 2.05) is 6.92 Å². The number of rotatable bonds is 0.